The molecule has 0 radical (unpaired) electrons. The van der Waals surface area contributed by atoms with E-state index < -0.39 is 17.5 Å². The van der Waals surface area contributed by atoms with Crippen LogP contribution in [0.5, 0.6) is 11.5 Å². The minimum absolute atomic E-state index is 0.130. The van der Waals surface area contributed by atoms with Gasteiger partial charge in [0.1, 0.15) is 34.5 Å². The summed E-state index contributed by atoms with van der Waals surface area (Å²) >= 11 is 0. The van der Waals surface area contributed by atoms with Crippen molar-refractivity contribution in [3.63, 3.8) is 0 Å². The summed E-state index contributed by atoms with van der Waals surface area (Å²) in [6.07, 6.45) is 2.82. The van der Waals surface area contributed by atoms with Crippen molar-refractivity contribution in [2.45, 2.75) is 0 Å². The van der Waals surface area contributed by atoms with Gasteiger partial charge in [-0.1, -0.05) is 6.07 Å². The molecular weight excluding hydrogens is 442 g/mol. The maximum Gasteiger partial charge on any atom is 0.274 e. The quantitative estimate of drug-likeness (QED) is 0.430. The normalized spacial score (nSPS) is 10.4. The predicted octanol–water partition coefficient (Wildman–Crippen LogP) is 4.83. The molecule has 2 heterocycles. The number of carbonyl (C=O) groups excluding carboxylic acids is 2. The lowest BCUT2D eigenvalue weighted by Gasteiger charge is -2.09. The largest absolute Gasteiger partial charge is 0.457 e. The third-order valence-electron chi connectivity index (χ3n) is 4.78. The van der Waals surface area contributed by atoms with E-state index in [0.29, 0.717) is 22.7 Å². The second-order valence-corrected chi connectivity index (χ2v) is 7.09. The number of halogens is 2. The van der Waals surface area contributed by atoms with Crippen molar-refractivity contribution < 1.29 is 23.1 Å². The number of nitrogens with one attached hydrogen (secondary N) is 2. The van der Waals surface area contributed by atoms with E-state index in [2.05, 4.69) is 20.6 Å². The van der Waals surface area contributed by atoms with Crippen LogP contribution >= 0.6 is 0 Å². The van der Waals surface area contributed by atoms with Crippen LogP contribution in [0.15, 0.2) is 79.1 Å². The first kappa shape index (κ1) is 22.5. The number of rotatable bonds is 6. The third-order valence-corrected chi connectivity index (χ3v) is 4.78. The fraction of sp³-hybridized carbons (Fsp3) is 0.0400. The molecule has 9 heteroatoms. The lowest BCUT2D eigenvalue weighted by atomic mass is 10.1. The maximum atomic E-state index is 13.9. The van der Waals surface area contributed by atoms with Crippen LogP contribution in [0.2, 0.25) is 0 Å². The summed E-state index contributed by atoms with van der Waals surface area (Å²) in [5, 5.41) is 5.21. The van der Waals surface area contributed by atoms with Crippen molar-refractivity contribution in [2.24, 2.45) is 0 Å². The molecule has 0 fully saturated rings. The first-order valence-electron chi connectivity index (χ1n) is 10.1. The highest BCUT2D eigenvalue weighted by molar-refractivity contribution is 6.03. The molecule has 0 saturated heterocycles. The van der Waals surface area contributed by atoms with Crippen LogP contribution in [-0.4, -0.2) is 28.8 Å². The minimum Gasteiger partial charge on any atom is -0.457 e. The topological polar surface area (TPSA) is 93.2 Å². The Morgan fingerprint density at radius 2 is 1.62 bits per heavy atom. The van der Waals surface area contributed by atoms with Crippen molar-refractivity contribution in [3.8, 4) is 22.6 Å². The molecule has 2 aromatic heterocycles. The number of benzene rings is 2. The van der Waals surface area contributed by atoms with E-state index in [1.54, 1.807) is 30.3 Å². The van der Waals surface area contributed by atoms with Gasteiger partial charge in [0.2, 0.25) is 0 Å². The standard InChI is InChI=1S/C25H18F2N4O3/c1-28-24(32)23-13-19(10-11-29-23)34-18-6-4-17(5-7-18)31-25(33)22-9-2-15(14-30-22)20-8-3-16(26)12-21(20)27/h2-14H,1H3,(H,28,32)(H,31,33). The number of hydrogen-bond acceptors (Lipinski definition) is 5. The van der Waals surface area contributed by atoms with Crippen LogP contribution in [0.4, 0.5) is 14.5 Å². The molecule has 34 heavy (non-hydrogen) atoms. The zero-order valence-electron chi connectivity index (χ0n) is 17.9. The summed E-state index contributed by atoms with van der Waals surface area (Å²) in [6.45, 7) is 0. The Morgan fingerprint density at radius 3 is 2.29 bits per heavy atom. The number of ether oxygens (including phenoxy) is 1. The molecule has 170 valence electrons. The zero-order chi connectivity index (χ0) is 24.1. The summed E-state index contributed by atoms with van der Waals surface area (Å²) in [7, 11) is 1.51. The molecule has 0 spiro atoms. The SMILES string of the molecule is CNC(=O)c1cc(Oc2ccc(NC(=O)c3ccc(-c4ccc(F)cc4F)cn3)cc2)ccn1. The van der Waals surface area contributed by atoms with Crippen LogP contribution in [-0.2, 0) is 0 Å². The Labute approximate surface area is 193 Å². The summed E-state index contributed by atoms with van der Waals surface area (Å²) in [6, 6.07) is 16.0. The van der Waals surface area contributed by atoms with Gasteiger partial charge in [-0.3, -0.25) is 19.6 Å². The van der Waals surface area contributed by atoms with Crippen LogP contribution in [0.3, 0.4) is 0 Å². The highest BCUT2D eigenvalue weighted by Crippen LogP contribution is 2.25. The molecule has 4 aromatic rings. The van der Waals surface area contributed by atoms with E-state index in [9.17, 15) is 18.4 Å². The minimum atomic E-state index is -0.710. The molecule has 0 aliphatic heterocycles. The van der Waals surface area contributed by atoms with Gasteiger partial charge in [0.15, 0.2) is 0 Å². The molecule has 0 aliphatic rings. The molecule has 2 aromatic carbocycles. The molecule has 0 saturated carbocycles. The number of aromatic nitrogens is 2. The molecule has 2 N–H and O–H groups in total. The van der Waals surface area contributed by atoms with Crippen molar-refractivity contribution >= 4 is 17.5 Å². The first-order valence-corrected chi connectivity index (χ1v) is 10.1. The number of pyridine rings is 2. The van der Waals surface area contributed by atoms with Gasteiger partial charge >= 0.3 is 0 Å². The van der Waals surface area contributed by atoms with Gasteiger partial charge in [-0.2, -0.15) is 0 Å². The fourth-order valence-electron chi connectivity index (χ4n) is 3.08. The first-order chi connectivity index (χ1) is 16.4. The highest BCUT2D eigenvalue weighted by atomic mass is 19.1. The number of nitrogens with zero attached hydrogens (tertiary/aromatic N) is 2. The van der Waals surface area contributed by atoms with Gasteiger partial charge in [-0.25, -0.2) is 8.78 Å². The van der Waals surface area contributed by atoms with E-state index in [4.69, 9.17) is 4.74 Å². The van der Waals surface area contributed by atoms with Gasteiger partial charge < -0.3 is 15.4 Å². The number of amides is 2. The second kappa shape index (κ2) is 9.86. The lowest BCUT2D eigenvalue weighted by molar-refractivity contribution is 0.0957. The summed E-state index contributed by atoms with van der Waals surface area (Å²) in [4.78, 5) is 32.3. The Hall–Kier alpha value is -4.66. The molecule has 4 rings (SSSR count). The fourth-order valence-corrected chi connectivity index (χ4v) is 3.08. The monoisotopic (exact) mass is 460 g/mol. The van der Waals surface area contributed by atoms with Gasteiger partial charge in [0.25, 0.3) is 11.8 Å². The Bertz CT molecular complexity index is 1340. The summed E-state index contributed by atoms with van der Waals surface area (Å²) < 4.78 is 32.8. The molecule has 7 nitrogen and oxygen atoms in total. The van der Waals surface area contributed by atoms with E-state index in [-0.39, 0.29) is 22.9 Å². The third kappa shape index (κ3) is 5.21. The lowest BCUT2D eigenvalue weighted by Crippen LogP contribution is -2.18. The second-order valence-electron chi connectivity index (χ2n) is 7.09. The molecule has 0 unspecified atom stereocenters. The Kier molecular flexibility index (Phi) is 6.54. The van der Waals surface area contributed by atoms with E-state index in [1.807, 2.05) is 0 Å². The van der Waals surface area contributed by atoms with Gasteiger partial charge in [-0.05, 0) is 48.5 Å². The number of hydrogen-bond donors (Lipinski definition) is 2. The maximum absolute atomic E-state index is 13.9. The molecule has 0 aliphatic carbocycles. The van der Waals surface area contributed by atoms with E-state index in [1.165, 1.54) is 43.7 Å². The highest BCUT2D eigenvalue weighted by Gasteiger charge is 2.11. The van der Waals surface area contributed by atoms with Crippen molar-refractivity contribution in [1.82, 2.24) is 15.3 Å². The average Bonchev–Trinajstić information content (AvgIpc) is 2.85. The predicted molar refractivity (Wildman–Crippen MR) is 122 cm³/mol. The van der Waals surface area contributed by atoms with Crippen molar-refractivity contribution in [2.75, 3.05) is 12.4 Å². The van der Waals surface area contributed by atoms with Gasteiger partial charge in [0, 0.05) is 48.4 Å². The summed E-state index contributed by atoms with van der Waals surface area (Å²) in [5.74, 6) is -1.23. The van der Waals surface area contributed by atoms with E-state index in [0.717, 1.165) is 12.1 Å². The van der Waals surface area contributed by atoms with Crippen LogP contribution < -0.4 is 15.4 Å². The van der Waals surface area contributed by atoms with Gasteiger partial charge in [-0.15, -0.1) is 0 Å². The number of carbonyl (C=O) groups is 2. The molecular formula is C25H18F2N4O3. The smallest absolute Gasteiger partial charge is 0.274 e. The Balaban J connectivity index is 1.40. The Morgan fingerprint density at radius 1 is 0.824 bits per heavy atom. The summed E-state index contributed by atoms with van der Waals surface area (Å²) in [5.41, 5.74) is 1.47. The van der Waals surface area contributed by atoms with Crippen molar-refractivity contribution in [3.05, 3.63) is 102 Å². The van der Waals surface area contributed by atoms with Gasteiger partial charge in [0.05, 0.1) is 0 Å². The average molecular weight is 460 g/mol. The van der Waals surface area contributed by atoms with Crippen LogP contribution in [0, 0.1) is 11.6 Å². The number of anilines is 1. The van der Waals surface area contributed by atoms with Crippen LogP contribution in [0.1, 0.15) is 21.0 Å². The molecule has 0 bridgehead atoms. The van der Waals surface area contributed by atoms with Crippen LogP contribution in [0.25, 0.3) is 11.1 Å². The molecule has 0 atom stereocenters. The van der Waals surface area contributed by atoms with Crippen molar-refractivity contribution in [1.29, 1.82) is 0 Å². The van der Waals surface area contributed by atoms with E-state index >= 15 is 0 Å². The molecule has 2 amide bonds. The zero-order valence-corrected chi connectivity index (χ0v) is 17.9.